The summed E-state index contributed by atoms with van der Waals surface area (Å²) >= 11 is 0. The molecule has 0 bridgehead atoms. The number of amides is 1. The molecule has 3 N–H and O–H groups in total. The minimum Gasteiger partial charge on any atom is -0.385 e. The number of aromatic amines is 1. The van der Waals surface area contributed by atoms with Gasteiger partial charge in [-0.2, -0.15) is 13.2 Å². The Morgan fingerprint density at radius 2 is 1.82 bits per heavy atom. The van der Waals surface area contributed by atoms with Gasteiger partial charge in [0.25, 0.3) is 5.91 Å². The van der Waals surface area contributed by atoms with Crippen molar-refractivity contribution in [2.24, 2.45) is 0 Å². The summed E-state index contributed by atoms with van der Waals surface area (Å²) in [6.07, 6.45) is -3.76. The molecule has 0 atom stereocenters. The van der Waals surface area contributed by atoms with Gasteiger partial charge in [-0.3, -0.25) is 4.79 Å². The lowest BCUT2D eigenvalue weighted by Gasteiger charge is -2.10. The number of fused-ring (bicyclic) bond motifs is 1. The first-order valence-corrected chi connectivity index (χ1v) is 8.41. The molecule has 3 rings (SSSR count). The summed E-state index contributed by atoms with van der Waals surface area (Å²) < 4.78 is 63.2. The summed E-state index contributed by atoms with van der Waals surface area (Å²) in [5.41, 5.74) is 1.37. The maximum Gasteiger partial charge on any atom is 0.389 e. The van der Waals surface area contributed by atoms with Crippen LogP contribution in [0.4, 0.5) is 33.3 Å². The van der Waals surface area contributed by atoms with Gasteiger partial charge in [0.2, 0.25) is 0 Å². The molecule has 2 aromatic carbocycles. The monoisotopic (exact) mass is 397 g/mol. The van der Waals surface area contributed by atoms with Crippen LogP contribution in [0.15, 0.2) is 42.6 Å². The molecule has 0 fully saturated rings. The van der Waals surface area contributed by atoms with Gasteiger partial charge in [-0.05, 0) is 30.7 Å². The number of H-pyrrole nitrogens is 1. The standard InChI is InChI=1S/C19H16F5N3O/c20-14-8-13-16(9-15(14)21)26-10-17(13)27-18(28)11-3-1-4-12(7-11)25-6-2-5-19(22,23)24/h1,3-4,7-10,25-26H,2,5-6H2,(H,27,28). The lowest BCUT2D eigenvalue weighted by molar-refractivity contribution is -0.134. The van der Waals surface area contributed by atoms with Crippen LogP contribution in [-0.4, -0.2) is 23.6 Å². The Labute approximate surface area is 156 Å². The first-order valence-electron chi connectivity index (χ1n) is 8.41. The van der Waals surface area contributed by atoms with Crippen LogP contribution < -0.4 is 10.6 Å². The second-order valence-corrected chi connectivity index (χ2v) is 6.19. The van der Waals surface area contributed by atoms with Gasteiger partial charge < -0.3 is 15.6 Å². The molecule has 0 aliphatic heterocycles. The maximum atomic E-state index is 13.5. The van der Waals surface area contributed by atoms with Crippen LogP contribution in [0.3, 0.4) is 0 Å². The molecule has 0 unspecified atom stereocenters. The minimum absolute atomic E-state index is 0.0859. The number of carbonyl (C=O) groups is 1. The molecule has 1 aromatic heterocycles. The van der Waals surface area contributed by atoms with Crippen molar-refractivity contribution >= 4 is 28.2 Å². The van der Waals surface area contributed by atoms with Crippen LogP contribution in [-0.2, 0) is 0 Å². The largest absolute Gasteiger partial charge is 0.389 e. The predicted molar refractivity (Wildman–Crippen MR) is 96.4 cm³/mol. The smallest absolute Gasteiger partial charge is 0.385 e. The number of alkyl halides is 3. The highest BCUT2D eigenvalue weighted by Gasteiger charge is 2.25. The lowest BCUT2D eigenvalue weighted by atomic mass is 10.1. The third-order valence-corrected chi connectivity index (χ3v) is 4.06. The molecule has 148 valence electrons. The molecular weight excluding hydrogens is 381 g/mol. The molecule has 28 heavy (non-hydrogen) atoms. The molecule has 0 radical (unpaired) electrons. The van der Waals surface area contributed by atoms with Crippen LogP contribution >= 0.6 is 0 Å². The predicted octanol–water partition coefficient (Wildman–Crippen LogP) is 5.45. The number of halogens is 5. The number of anilines is 2. The van der Waals surface area contributed by atoms with Gasteiger partial charge in [-0.25, -0.2) is 8.78 Å². The number of rotatable bonds is 6. The first-order chi connectivity index (χ1) is 13.2. The molecule has 0 aliphatic rings. The average molecular weight is 397 g/mol. The average Bonchev–Trinajstić information content (AvgIpc) is 3.00. The third kappa shape index (κ3) is 4.79. The van der Waals surface area contributed by atoms with Crippen LogP contribution in [0.2, 0.25) is 0 Å². The van der Waals surface area contributed by atoms with E-state index >= 15 is 0 Å². The fraction of sp³-hybridized carbons (Fsp3) is 0.211. The molecule has 0 saturated carbocycles. The van der Waals surface area contributed by atoms with Crippen LogP contribution in [0.25, 0.3) is 10.9 Å². The zero-order chi connectivity index (χ0) is 20.3. The highest BCUT2D eigenvalue weighted by Crippen LogP contribution is 2.26. The van der Waals surface area contributed by atoms with Gasteiger partial charge in [0.15, 0.2) is 11.6 Å². The van der Waals surface area contributed by atoms with E-state index in [2.05, 4.69) is 15.6 Å². The van der Waals surface area contributed by atoms with Gasteiger partial charge >= 0.3 is 6.18 Å². The van der Waals surface area contributed by atoms with Crippen molar-refractivity contribution in [3.05, 3.63) is 59.8 Å². The quantitative estimate of drug-likeness (QED) is 0.383. The van der Waals surface area contributed by atoms with E-state index in [-0.39, 0.29) is 24.2 Å². The molecule has 1 amide bonds. The van der Waals surface area contributed by atoms with E-state index in [4.69, 9.17) is 0 Å². The van der Waals surface area contributed by atoms with E-state index < -0.39 is 30.1 Å². The van der Waals surface area contributed by atoms with Crippen molar-refractivity contribution < 1.29 is 26.7 Å². The normalized spacial score (nSPS) is 11.6. The second-order valence-electron chi connectivity index (χ2n) is 6.19. The topological polar surface area (TPSA) is 56.9 Å². The highest BCUT2D eigenvalue weighted by atomic mass is 19.4. The minimum atomic E-state index is -4.20. The van der Waals surface area contributed by atoms with Crippen molar-refractivity contribution in [1.82, 2.24) is 4.98 Å². The van der Waals surface area contributed by atoms with E-state index in [0.717, 1.165) is 12.1 Å². The Kier molecular flexibility index (Phi) is 5.53. The molecule has 1 heterocycles. The fourth-order valence-electron chi connectivity index (χ4n) is 2.71. The Morgan fingerprint density at radius 1 is 1.07 bits per heavy atom. The van der Waals surface area contributed by atoms with Crippen molar-refractivity contribution in [2.75, 3.05) is 17.2 Å². The number of nitrogens with one attached hydrogen (secondary N) is 3. The number of hydrogen-bond donors (Lipinski definition) is 3. The SMILES string of the molecule is O=C(Nc1c[nH]c2cc(F)c(F)cc12)c1cccc(NCCCC(F)(F)F)c1. The van der Waals surface area contributed by atoms with Gasteiger partial charge in [0, 0.05) is 41.9 Å². The molecule has 0 aliphatic carbocycles. The van der Waals surface area contributed by atoms with E-state index in [1.54, 1.807) is 12.1 Å². The Balaban J connectivity index is 1.67. The van der Waals surface area contributed by atoms with Crippen LogP contribution in [0.5, 0.6) is 0 Å². The summed E-state index contributed by atoms with van der Waals surface area (Å²) in [6.45, 7) is 0.109. The summed E-state index contributed by atoms with van der Waals surface area (Å²) in [6, 6.07) is 8.23. The van der Waals surface area contributed by atoms with E-state index in [0.29, 0.717) is 16.6 Å². The van der Waals surface area contributed by atoms with Crippen LogP contribution in [0, 0.1) is 11.6 Å². The Morgan fingerprint density at radius 3 is 2.57 bits per heavy atom. The van der Waals surface area contributed by atoms with Crippen molar-refractivity contribution in [3.8, 4) is 0 Å². The van der Waals surface area contributed by atoms with E-state index in [9.17, 15) is 26.7 Å². The lowest BCUT2D eigenvalue weighted by Crippen LogP contribution is -2.13. The van der Waals surface area contributed by atoms with Gasteiger partial charge in [0.05, 0.1) is 11.2 Å². The third-order valence-electron chi connectivity index (χ3n) is 4.06. The van der Waals surface area contributed by atoms with Crippen molar-refractivity contribution in [3.63, 3.8) is 0 Å². The van der Waals surface area contributed by atoms with E-state index in [1.807, 2.05) is 0 Å². The first kappa shape index (κ1) is 19.7. The van der Waals surface area contributed by atoms with Gasteiger partial charge in [0.1, 0.15) is 0 Å². The molecule has 9 heteroatoms. The van der Waals surface area contributed by atoms with Gasteiger partial charge in [-0.1, -0.05) is 6.07 Å². The highest BCUT2D eigenvalue weighted by molar-refractivity contribution is 6.09. The molecule has 4 nitrogen and oxygen atoms in total. The number of carbonyl (C=O) groups excluding carboxylic acids is 1. The number of benzene rings is 2. The molecule has 3 aromatic rings. The number of aromatic nitrogens is 1. The number of hydrogen-bond acceptors (Lipinski definition) is 2. The van der Waals surface area contributed by atoms with Crippen molar-refractivity contribution in [2.45, 2.75) is 19.0 Å². The summed E-state index contributed by atoms with van der Waals surface area (Å²) in [5, 5.41) is 5.76. The molecule has 0 spiro atoms. The van der Waals surface area contributed by atoms with Crippen molar-refractivity contribution in [1.29, 1.82) is 0 Å². The summed E-state index contributed by atoms with van der Waals surface area (Å²) in [7, 11) is 0. The van der Waals surface area contributed by atoms with Gasteiger partial charge in [-0.15, -0.1) is 0 Å². The Bertz CT molecular complexity index is 997. The molecule has 0 saturated heterocycles. The zero-order valence-corrected chi connectivity index (χ0v) is 14.5. The zero-order valence-electron chi connectivity index (χ0n) is 14.5. The summed E-state index contributed by atoms with van der Waals surface area (Å²) in [5.74, 6) is -2.53. The summed E-state index contributed by atoms with van der Waals surface area (Å²) in [4.78, 5) is 15.2. The maximum absolute atomic E-state index is 13.5. The second kappa shape index (κ2) is 7.87. The fourth-order valence-corrected chi connectivity index (χ4v) is 2.71. The van der Waals surface area contributed by atoms with Crippen LogP contribution in [0.1, 0.15) is 23.2 Å². The molecular formula is C19H16F5N3O. The van der Waals surface area contributed by atoms with E-state index in [1.165, 1.54) is 18.3 Å². The Hall–Kier alpha value is -3.10.